The zero-order chi connectivity index (χ0) is 21.8. The molecule has 158 valence electrons. The van der Waals surface area contributed by atoms with Gasteiger partial charge in [0.25, 0.3) is 5.91 Å². The summed E-state index contributed by atoms with van der Waals surface area (Å²) < 4.78 is 5.89. The fourth-order valence-corrected chi connectivity index (χ4v) is 4.02. The van der Waals surface area contributed by atoms with Crippen LogP contribution in [-0.4, -0.2) is 35.8 Å². The van der Waals surface area contributed by atoms with Gasteiger partial charge in [0.15, 0.2) is 6.61 Å². The van der Waals surface area contributed by atoms with Crippen molar-refractivity contribution in [2.24, 2.45) is 5.92 Å². The molecule has 2 aromatic rings. The van der Waals surface area contributed by atoms with Crippen LogP contribution in [0.5, 0.6) is 0 Å². The maximum absolute atomic E-state index is 12.4. The minimum absolute atomic E-state index is 0.0824. The van der Waals surface area contributed by atoms with Crippen LogP contribution in [0.4, 0.5) is 5.69 Å². The topological polar surface area (TPSA) is 75.7 Å². The zero-order valence-corrected chi connectivity index (χ0v) is 19.0. The summed E-state index contributed by atoms with van der Waals surface area (Å²) in [5.74, 6) is -1.70. The van der Waals surface area contributed by atoms with Gasteiger partial charge in [0.2, 0.25) is 5.91 Å². The first-order chi connectivity index (χ1) is 14.3. The van der Waals surface area contributed by atoms with Crippen LogP contribution in [0.15, 0.2) is 46.9 Å². The van der Waals surface area contributed by atoms with Gasteiger partial charge in [-0.25, -0.2) is 0 Å². The average Bonchev–Trinajstić information content (AvgIpc) is 3.12. The van der Waals surface area contributed by atoms with Crippen LogP contribution in [0.25, 0.3) is 0 Å². The molecular formula is C22H22BrClN2O4. The Balaban J connectivity index is 1.53. The maximum atomic E-state index is 12.4. The van der Waals surface area contributed by atoms with Crippen molar-refractivity contribution in [2.45, 2.75) is 26.3 Å². The largest absolute Gasteiger partial charge is 0.455 e. The van der Waals surface area contributed by atoms with Crippen LogP contribution in [0.3, 0.4) is 0 Å². The number of aryl methyl sites for hydroxylation is 1. The van der Waals surface area contributed by atoms with Gasteiger partial charge in [-0.15, -0.1) is 0 Å². The molecule has 3 rings (SSSR count). The van der Waals surface area contributed by atoms with E-state index in [1.54, 1.807) is 17.0 Å². The van der Waals surface area contributed by atoms with E-state index < -0.39 is 24.4 Å². The number of carbonyl (C=O) groups excluding carboxylic acids is 3. The summed E-state index contributed by atoms with van der Waals surface area (Å²) in [5, 5.41) is 3.15. The van der Waals surface area contributed by atoms with Gasteiger partial charge < -0.3 is 15.0 Å². The Morgan fingerprint density at radius 3 is 2.70 bits per heavy atom. The molecule has 0 aromatic heterocycles. The Morgan fingerprint density at radius 2 is 2.00 bits per heavy atom. The van der Waals surface area contributed by atoms with Crippen molar-refractivity contribution in [3.63, 3.8) is 0 Å². The first-order valence-electron chi connectivity index (χ1n) is 9.52. The van der Waals surface area contributed by atoms with Crippen LogP contribution in [-0.2, 0) is 19.1 Å². The number of esters is 1. The van der Waals surface area contributed by atoms with E-state index >= 15 is 0 Å². The normalized spacial score (nSPS) is 17.0. The molecule has 0 unspecified atom stereocenters. The first kappa shape index (κ1) is 22.3. The molecule has 0 aliphatic carbocycles. The van der Waals surface area contributed by atoms with E-state index in [1.165, 1.54) is 0 Å². The van der Waals surface area contributed by atoms with Crippen molar-refractivity contribution in [3.8, 4) is 0 Å². The summed E-state index contributed by atoms with van der Waals surface area (Å²) in [5.41, 5.74) is 2.36. The molecule has 0 bridgehead atoms. The monoisotopic (exact) mass is 492 g/mol. The Labute approximate surface area is 188 Å². The summed E-state index contributed by atoms with van der Waals surface area (Å²) in [6.07, 6.45) is 0.0824. The number of halogens is 2. The summed E-state index contributed by atoms with van der Waals surface area (Å²) >= 11 is 9.38. The van der Waals surface area contributed by atoms with Gasteiger partial charge in [0.1, 0.15) is 0 Å². The Kier molecular flexibility index (Phi) is 7.15. The van der Waals surface area contributed by atoms with Gasteiger partial charge in [0.05, 0.1) is 17.0 Å². The number of likely N-dealkylation sites (tertiary alicyclic amines) is 1. The second-order valence-corrected chi connectivity index (χ2v) is 8.53. The molecule has 0 radical (unpaired) electrons. The van der Waals surface area contributed by atoms with E-state index in [0.717, 1.165) is 15.6 Å². The van der Waals surface area contributed by atoms with E-state index in [9.17, 15) is 14.4 Å². The van der Waals surface area contributed by atoms with Gasteiger partial charge in [-0.2, -0.15) is 0 Å². The molecule has 0 spiro atoms. The maximum Gasteiger partial charge on any atom is 0.311 e. The zero-order valence-electron chi connectivity index (χ0n) is 16.7. The van der Waals surface area contributed by atoms with E-state index in [-0.39, 0.29) is 24.9 Å². The van der Waals surface area contributed by atoms with Crippen molar-refractivity contribution in [3.05, 3.63) is 63.1 Å². The Hall–Kier alpha value is -2.38. The number of amides is 2. The fraction of sp³-hybridized carbons (Fsp3) is 0.318. The Bertz CT molecular complexity index is 967. The van der Waals surface area contributed by atoms with E-state index in [0.29, 0.717) is 10.7 Å². The number of rotatable bonds is 6. The molecule has 30 heavy (non-hydrogen) atoms. The number of nitrogens with one attached hydrogen (secondary N) is 1. The van der Waals surface area contributed by atoms with Gasteiger partial charge in [-0.3, -0.25) is 14.4 Å². The highest BCUT2D eigenvalue weighted by atomic mass is 79.9. The number of hydrogen-bond donors (Lipinski definition) is 1. The molecule has 2 amide bonds. The molecule has 2 aromatic carbocycles. The van der Waals surface area contributed by atoms with Gasteiger partial charge in [-0.05, 0) is 53.0 Å². The molecule has 2 atom stereocenters. The molecule has 1 N–H and O–H groups in total. The number of ether oxygens (including phenoxy) is 1. The van der Waals surface area contributed by atoms with Gasteiger partial charge in [0, 0.05) is 23.1 Å². The highest BCUT2D eigenvalue weighted by Crippen LogP contribution is 2.30. The van der Waals surface area contributed by atoms with Crippen LogP contribution >= 0.6 is 27.5 Å². The predicted octanol–water partition coefficient (Wildman–Crippen LogP) is 4.50. The molecule has 1 heterocycles. The van der Waals surface area contributed by atoms with E-state index in [2.05, 4.69) is 21.2 Å². The average molecular weight is 494 g/mol. The number of carbonyl (C=O) groups is 3. The summed E-state index contributed by atoms with van der Waals surface area (Å²) in [6, 6.07) is 12.9. The molecule has 8 heteroatoms. The van der Waals surface area contributed by atoms with Crippen molar-refractivity contribution >= 4 is 51.0 Å². The smallest absolute Gasteiger partial charge is 0.311 e. The van der Waals surface area contributed by atoms with Crippen molar-refractivity contribution in [1.82, 2.24) is 4.90 Å². The number of nitrogens with zero attached hydrogens (tertiary/aromatic N) is 1. The molecule has 1 fully saturated rings. The lowest BCUT2D eigenvalue weighted by Gasteiger charge is -2.25. The highest BCUT2D eigenvalue weighted by Gasteiger charge is 2.38. The molecule has 6 nitrogen and oxygen atoms in total. The Morgan fingerprint density at radius 1 is 1.30 bits per heavy atom. The summed E-state index contributed by atoms with van der Waals surface area (Å²) in [7, 11) is 0. The van der Waals surface area contributed by atoms with Crippen LogP contribution in [0, 0.1) is 12.8 Å². The SMILES string of the molecule is Cc1cc(Br)c(Cl)cc1NC(=O)COC(=O)[C@@H]1CC(=O)N([C@H](C)c2ccccc2)C1. The van der Waals surface area contributed by atoms with Gasteiger partial charge >= 0.3 is 5.97 Å². The molecule has 1 saturated heterocycles. The minimum atomic E-state index is -0.583. The predicted molar refractivity (Wildman–Crippen MR) is 118 cm³/mol. The lowest BCUT2D eigenvalue weighted by Crippen LogP contribution is -2.30. The summed E-state index contributed by atoms with van der Waals surface area (Å²) in [6.45, 7) is 3.61. The number of anilines is 1. The quantitative estimate of drug-likeness (QED) is 0.601. The van der Waals surface area contributed by atoms with Crippen LogP contribution < -0.4 is 5.32 Å². The second kappa shape index (κ2) is 9.62. The van der Waals surface area contributed by atoms with E-state index in [1.807, 2.05) is 44.2 Å². The third-order valence-electron chi connectivity index (χ3n) is 5.13. The first-order valence-corrected chi connectivity index (χ1v) is 10.7. The van der Waals surface area contributed by atoms with Crippen LogP contribution in [0.1, 0.15) is 30.5 Å². The van der Waals surface area contributed by atoms with Crippen molar-refractivity contribution in [1.29, 1.82) is 0 Å². The standard InChI is InChI=1S/C22H22BrClN2O4/c1-13-8-17(23)18(24)10-19(13)25-20(27)12-30-22(29)16-9-21(28)26(11-16)14(2)15-6-4-3-5-7-15/h3-8,10,14,16H,9,11-12H2,1-2H3,(H,25,27)/t14-,16-/m1/s1. The lowest BCUT2D eigenvalue weighted by molar-refractivity contribution is -0.151. The second-order valence-electron chi connectivity index (χ2n) is 7.27. The van der Waals surface area contributed by atoms with E-state index in [4.69, 9.17) is 16.3 Å². The third-order valence-corrected chi connectivity index (χ3v) is 6.33. The number of benzene rings is 2. The van der Waals surface area contributed by atoms with Crippen molar-refractivity contribution < 1.29 is 19.1 Å². The lowest BCUT2D eigenvalue weighted by atomic mass is 10.1. The molecular weight excluding hydrogens is 472 g/mol. The summed E-state index contributed by atoms with van der Waals surface area (Å²) in [4.78, 5) is 38.7. The number of hydrogen-bond acceptors (Lipinski definition) is 4. The molecule has 1 aliphatic rings. The highest BCUT2D eigenvalue weighted by molar-refractivity contribution is 9.10. The van der Waals surface area contributed by atoms with Crippen LogP contribution in [0.2, 0.25) is 5.02 Å². The van der Waals surface area contributed by atoms with Gasteiger partial charge in [-0.1, -0.05) is 41.9 Å². The fourth-order valence-electron chi connectivity index (χ4n) is 3.40. The van der Waals surface area contributed by atoms with Crippen molar-refractivity contribution in [2.75, 3.05) is 18.5 Å². The minimum Gasteiger partial charge on any atom is -0.455 e. The third kappa shape index (κ3) is 5.21. The molecule has 0 saturated carbocycles. The molecule has 1 aliphatic heterocycles.